The van der Waals surface area contributed by atoms with E-state index in [-0.39, 0.29) is 5.95 Å². The maximum Gasteiger partial charge on any atom is 0.230 e. The monoisotopic (exact) mass is 237 g/mol. The standard InChI is InChI=1S/C8H11N7S/c1-15(2)6-12-5(9)13-8(14-6)16-7-10-3-4-11-7/h3-4H,1-2H3,(H,10,11)(H2,9,12,13,14). The fourth-order valence-electron chi connectivity index (χ4n) is 1.000. The molecule has 16 heavy (non-hydrogen) atoms. The molecule has 8 heteroatoms. The van der Waals surface area contributed by atoms with Gasteiger partial charge >= 0.3 is 0 Å². The first-order valence-electron chi connectivity index (χ1n) is 4.51. The van der Waals surface area contributed by atoms with Gasteiger partial charge in [0, 0.05) is 26.5 Å². The summed E-state index contributed by atoms with van der Waals surface area (Å²) in [5, 5.41) is 1.24. The lowest BCUT2D eigenvalue weighted by Crippen LogP contribution is -2.15. The zero-order chi connectivity index (χ0) is 11.5. The summed E-state index contributed by atoms with van der Waals surface area (Å²) in [6.07, 6.45) is 3.40. The van der Waals surface area contributed by atoms with Crippen LogP contribution < -0.4 is 10.6 Å². The number of hydrogen-bond acceptors (Lipinski definition) is 7. The van der Waals surface area contributed by atoms with E-state index in [0.29, 0.717) is 11.1 Å². The van der Waals surface area contributed by atoms with Gasteiger partial charge in [-0.3, -0.25) is 0 Å². The van der Waals surface area contributed by atoms with E-state index < -0.39 is 0 Å². The average Bonchev–Trinajstić information content (AvgIpc) is 2.69. The summed E-state index contributed by atoms with van der Waals surface area (Å²) in [6.45, 7) is 0. The van der Waals surface area contributed by atoms with E-state index in [1.165, 1.54) is 11.8 Å². The van der Waals surface area contributed by atoms with Gasteiger partial charge in [-0.15, -0.1) is 0 Å². The number of imidazole rings is 1. The molecule has 0 amide bonds. The smallest absolute Gasteiger partial charge is 0.230 e. The molecule has 0 aliphatic carbocycles. The summed E-state index contributed by atoms with van der Waals surface area (Å²) in [4.78, 5) is 21.0. The Morgan fingerprint density at radius 2 is 2.12 bits per heavy atom. The molecule has 0 bridgehead atoms. The van der Waals surface area contributed by atoms with E-state index in [1.54, 1.807) is 17.3 Å². The molecule has 0 atom stereocenters. The SMILES string of the molecule is CN(C)c1nc(N)nc(Sc2ncc[nH]2)n1. The molecule has 0 radical (unpaired) electrons. The molecule has 2 rings (SSSR count). The Kier molecular flexibility index (Phi) is 2.91. The number of nitrogen functional groups attached to an aromatic ring is 1. The lowest BCUT2D eigenvalue weighted by atomic mass is 10.8. The van der Waals surface area contributed by atoms with E-state index in [1.807, 2.05) is 14.1 Å². The number of aromatic nitrogens is 5. The van der Waals surface area contributed by atoms with E-state index in [4.69, 9.17) is 5.73 Å². The van der Waals surface area contributed by atoms with Gasteiger partial charge in [-0.1, -0.05) is 0 Å². The van der Waals surface area contributed by atoms with Crippen molar-refractivity contribution in [3.8, 4) is 0 Å². The zero-order valence-electron chi connectivity index (χ0n) is 8.88. The largest absolute Gasteiger partial charge is 0.368 e. The topological polar surface area (TPSA) is 96.6 Å². The number of nitrogens with one attached hydrogen (secondary N) is 1. The van der Waals surface area contributed by atoms with Gasteiger partial charge in [0.1, 0.15) is 0 Å². The normalized spacial score (nSPS) is 10.4. The first-order chi connectivity index (χ1) is 7.65. The molecule has 0 unspecified atom stereocenters. The van der Waals surface area contributed by atoms with Crippen molar-refractivity contribution in [1.29, 1.82) is 0 Å². The van der Waals surface area contributed by atoms with Crippen molar-refractivity contribution in [3.63, 3.8) is 0 Å². The van der Waals surface area contributed by atoms with Crippen LogP contribution in [0, 0.1) is 0 Å². The molecule has 0 saturated carbocycles. The summed E-state index contributed by atoms with van der Waals surface area (Å²) in [7, 11) is 3.69. The summed E-state index contributed by atoms with van der Waals surface area (Å²) < 4.78 is 0. The highest BCUT2D eigenvalue weighted by Crippen LogP contribution is 2.22. The predicted octanol–water partition coefficient (Wildman–Crippen LogP) is 0.394. The highest BCUT2D eigenvalue weighted by molar-refractivity contribution is 7.99. The van der Waals surface area contributed by atoms with E-state index >= 15 is 0 Å². The van der Waals surface area contributed by atoms with Gasteiger partial charge < -0.3 is 15.6 Å². The maximum absolute atomic E-state index is 5.59. The van der Waals surface area contributed by atoms with Gasteiger partial charge in [0.2, 0.25) is 17.1 Å². The summed E-state index contributed by atoms with van der Waals surface area (Å²) in [5.41, 5.74) is 5.59. The Hall–Kier alpha value is -1.83. The van der Waals surface area contributed by atoms with Crippen LogP contribution in [0.25, 0.3) is 0 Å². The van der Waals surface area contributed by atoms with Crippen molar-refractivity contribution >= 4 is 23.7 Å². The van der Waals surface area contributed by atoms with Crippen LogP contribution in [-0.4, -0.2) is 39.0 Å². The molecule has 2 aromatic heterocycles. The number of aromatic amines is 1. The Morgan fingerprint density at radius 3 is 2.75 bits per heavy atom. The molecule has 0 fully saturated rings. The highest BCUT2D eigenvalue weighted by atomic mass is 32.2. The van der Waals surface area contributed by atoms with Gasteiger partial charge in [0.15, 0.2) is 5.16 Å². The molecule has 3 N–H and O–H groups in total. The third-order valence-corrected chi connectivity index (χ3v) is 2.46. The van der Waals surface area contributed by atoms with Crippen LogP contribution in [0.15, 0.2) is 22.7 Å². The van der Waals surface area contributed by atoms with Crippen LogP contribution in [0.5, 0.6) is 0 Å². The van der Waals surface area contributed by atoms with Crippen molar-refractivity contribution in [3.05, 3.63) is 12.4 Å². The van der Waals surface area contributed by atoms with E-state index in [9.17, 15) is 0 Å². The molecule has 7 nitrogen and oxygen atoms in total. The Labute approximate surface area is 96.5 Å². The first kappa shape index (κ1) is 10.7. The summed E-state index contributed by atoms with van der Waals surface area (Å²) in [6, 6.07) is 0. The minimum absolute atomic E-state index is 0.202. The second-order valence-electron chi connectivity index (χ2n) is 3.17. The van der Waals surface area contributed by atoms with Crippen LogP contribution >= 0.6 is 11.8 Å². The average molecular weight is 237 g/mol. The fourth-order valence-corrected chi connectivity index (χ4v) is 1.68. The third-order valence-electron chi connectivity index (χ3n) is 1.68. The van der Waals surface area contributed by atoms with Crippen molar-refractivity contribution in [2.75, 3.05) is 24.7 Å². The van der Waals surface area contributed by atoms with Crippen LogP contribution in [-0.2, 0) is 0 Å². The van der Waals surface area contributed by atoms with Crippen molar-refractivity contribution in [2.45, 2.75) is 10.3 Å². The van der Waals surface area contributed by atoms with Crippen LogP contribution in [0.4, 0.5) is 11.9 Å². The number of anilines is 2. The molecule has 84 valence electrons. The van der Waals surface area contributed by atoms with E-state index in [2.05, 4.69) is 24.9 Å². The molecule has 0 saturated heterocycles. The molecule has 0 spiro atoms. The van der Waals surface area contributed by atoms with Gasteiger partial charge in [-0.25, -0.2) is 4.98 Å². The third kappa shape index (κ3) is 2.40. The first-order valence-corrected chi connectivity index (χ1v) is 5.33. The number of nitrogens with two attached hydrogens (primary N) is 1. The van der Waals surface area contributed by atoms with Gasteiger partial charge in [-0.2, -0.15) is 15.0 Å². The van der Waals surface area contributed by atoms with Gasteiger partial charge in [0.05, 0.1) is 0 Å². The minimum atomic E-state index is 0.202. The van der Waals surface area contributed by atoms with Crippen LogP contribution in [0.2, 0.25) is 0 Å². The maximum atomic E-state index is 5.59. The predicted molar refractivity (Wildman–Crippen MR) is 61.3 cm³/mol. The van der Waals surface area contributed by atoms with Gasteiger partial charge in [-0.05, 0) is 11.8 Å². The molecule has 0 aliphatic rings. The van der Waals surface area contributed by atoms with Crippen molar-refractivity contribution in [1.82, 2.24) is 24.9 Å². The Balaban J connectivity index is 2.27. The lowest BCUT2D eigenvalue weighted by molar-refractivity contribution is 0.871. The number of hydrogen-bond donors (Lipinski definition) is 2. The quantitative estimate of drug-likeness (QED) is 0.797. The van der Waals surface area contributed by atoms with Crippen molar-refractivity contribution in [2.24, 2.45) is 0 Å². The van der Waals surface area contributed by atoms with Crippen LogP contribution in [0.1, 0.15) is 0 Å². The van der Waals surface area contributed by atoms with E-state index in [0.717, 1.165) is 5.16 Å². The minimum Gasteiger partial charge on any atom is -0.368 e. The molecule has 0 aliphatic heterocycles. The highest BCUT2D eigenvalue weighted by Gasteiger charge is 2.08. The molecule has 0 aromatic carbocycles. The summed E-state index contributed by atoms with van der Waals surface area (Å²) in [5.74, 6) is 0.731. The second kappa shape index (κ2) is 4.35. The zero-order valence-corrected chi connectivity index (χ0v) is 9.69. The lowest BCUT2D eigenvalue weighted by Gasteiger charge is -2.10. The van der Waals surface area contributed by atoms with Crippen molar-refractivity contribution < 1.29 is 0 Å². The number of rotatable bonds is 3. The number of H-pyrrole nitrogens is 1. The fraction of sp³-hybridized carbons (Fsp3) is 0.250. The van der Waals surface area contributed by atoms with Crippen LogP contribution in [0.3, 0.4) is 0 Å². The molecular formula is C8H11N7S. The molecular weight excluding hydrogens is 226 g/mol. The second-order valence-corrected chi connectivity index (χ2v) is 4.12. The Morgan fingerprint density at radius 1 is 1.31 bits per heavy atom. The summed E-state index contributed by atoms with van der Waals surface area (Å²) >= 11 is 1.30. The van der Waals surface area contributed by atoms with Gasteiger partial charge in [0.25, 0.3) is 0 Å². The number of nitrogens with zero attached hydrogens (tertiary/aromatic N) is 5. The Bertz CT molecular complexity index is 467. The molecule has 2 aromatic rings. The molecule has 2 heterocycles.